The van der Waals surface area contributed by atoms with Crippen molar-refractivity contribution in [2.75, 3.05) is 36.1 Å². The average molecular weight is 456 g/mol. The molecule has 170 valence electrons. The molecule has 9 nitrogen and oxygen atoms in total. The number of halogens is 1. The van der Waals surface area contributed by atoms with Gasteiger partial charge < -0.3 is 9.47 Å². The van der Waals surface area contributed by atoms with Crippen molar-refractivity contribution in [1.29, 1.82) is 0 Å². The Morgan fingerprint density at radius 3 is 2.55 bits per heavy atom. The van der Waals surface area contributed by atoms with Crippen molar-refractivity contribution in [2.24, 2.45) is 0 Å². The molecule has 1 aromatic rings. The first-order chi connectivity index (χ1) is 14.6. The number of ether oxygens (including phenoxy) is 2. The van der Waals surface area contributed by atoms with Gasteiger partial charge in [-0.15, -0.1) is 0 Å². The lowest BCUT2D eigenvalue weighted by molar-refractivity contribution is -0.128. The van der Waals surface area contributed by atoms with E-state index in [1.807, 2.05) is 0 Å². The molecule has 0 aromatic heterocycles. The number of hydrogen-bond acceptors (Lipinski definition) is 7. The molecule has 11 heteroatoms. The summed E-state index contributed by atoms with van der Waals surface area (Å²) in [6.07, 6.45) is -1.60. The van der Waals surface area contributed by atoms with Crippen molar-refractivity contribution in [3.05, 3.63) is 29.6 Å². The van der Waals surface area contributed by atoms with E-state index in [0.717, 1.165) is 4.90 Å². The van der Waals surface area contributed by atoms with Gasteiger partial charge in [-0.25, -0.2) is 27.3 Å². The van der Waals surface area contributed by atoms with Gasteiger partial charge in [0.2, 0.25) is 5.91 Å². The zero-order valence-electron chi connectivity index (χ0n) is 17.4. The molecule has 0 N–H and O–H groups in total. The van der Waals surface area contributed by atoms with Crippen LogP contribution in [0.15, 0.2) is 18.2 Å². The molecule has 0 saturated carbocycles. The topological polar surface area (TPSA) is 110 Å². The molecule has 3 rings (SSSR count). The molecule has 0 spiro atoms. The summed E-state index contributed by atoms with van der Waals surface area (Å²) in [6.45, 7) is 2.77. The fourth-order valence-corrected chi connectivity index (χ4v) is 5.27. The molecule has 0 aliphatic carbocycles. The highest BCUT2D eigenvalue weighted by molar-refractivity contribution is 7.91. The van der Waals surface area contributed by atoms with Gasteiger partial charge in [0.15, 0.2) is 0 Å². The maximum Gasteiger partial charge on any atom is 0.416 e. The minimum Gasteiger partial charge on any atom is -0.449 e. The number of amides is 3. The van der Waals surface area contributed by atoms with Crippen LogP contribution in [0, 0.1) is 5.82 Å². The van der Waals surface area contributed by atoms with Crippen LogP contribution in [0.3, 0.4) is 0 Å². The van der Waals surface area contributed by atoms with Crippen molar-refractivity contribution in [1.82, 2.24) is 4.90 Å². The molecule has 0 radical (unpaired) electrons. The van der Waals surface area contributed by atoms with Crippen LogP contribution in [-0.4, -0.2) is 68.7 Å². The predicted molar refractivity (Wildman–Crippen MR) is 109 cm³/mol. The minimum absolute atomic E-state index is 0.0302. The highest BCUT2D eigenvalue weighted by Crippen LogP contribution is 2.33. The molecule has 2 aliphatic heterocycles. The van der Waals surface area contributed by atoms with E-state index in [-0.39, 0.29) is 42.8 Å². The molecule has 0 bridgehead atoms. The first kappa shape index (κ1) is 23.0. The molecule has 2 saturated heterocycles. The summed E-state index contributed by atoms with van der Waals surface area (Å²) in [6, 6.07) is 4.36. The molecular formula is C20H25FN2O7S. The largest absolute Gasteiger partial charge is 0.449 e. The van der Waals surface area contributed by atoms with E-state index in [2.05, 4.69) is 0 Å². The maximum absolute atomic E-state index is 14.8. The Morgan fingerprint density at radius 1 is 1.29 bits per heavy atom. The van der Waals surface area contributed by atoms with Gasteiger partial charge in [0.25, 0.3) is 0 Å². The normalized spacial score (nSPS) is 20.9. The summed E-state index contributed by atoms with van der Waals surface area (Å²) in [5.41, 5.74) is 0.704. The Morgan fingerprint density at radius 2 is 1.97 bits per heavy atom. The SMILES string of the molecule is CCOC(=O)N(C[C@H]1CN(c2ccc(C3CCS(=O)(=O)CC3)c(F)c2)C(=O)O1)C(C)=O. The standard InChI is InChI=1S/C20H25FN2O7S/c1-3-29-19(25)22(13(2)24)11-16-12-23(20(26)30-16)15-4-5-17(18(21)10-15)14-6-8-31(27,28)9-7-14/h4-5,10,14,16H,3,6-9,11-12H2,1-2H3/t16-/m0/s1. The lowest BCUT2D eigenvalue weighted by atomic mass is 9.93. The number of benzene rings is 1. The predicted octanol–water partition coefficient (Wildman–Crippen LogP) is 2.45. The van der Waals surface area contributed by atoms with Crippen LogP contribution in [0.25, 0.3) is 0 Å². The summed E-state index contributed by atoms with van der Waals surface area (Å²) in [7, 11) is -3.05. The van der Waals surface area contributed by atoms with Gasteiger partial charge in [0, 0.05) is 6.92 Å². The van der Waals surface area contributed by atoms with Crippen molar-refractivity contribution in [3.8, 4) is 0 Å². The highest BCUT2D eigenvalue weighted by atomic mass is 32.2. The number of carbonyl (C=O) groups is 3. The van der Waals surface area contributed by atoms with Crippen molar-refractivity contribution in [2.45, 2.75) is 38.7 Å². The third-order valence-electron chi connectivity index (χ3n) is 5.42. The maximum atomic E-state index is 14.8. The van der Waals surface area contributed by atoms with Crippen LogP contribution in [0.2, 0.25) is 0 Å². The number of nitrogens with zero attached hydrogens (tertiary/aromatic N) is 2. The first-order valence-corrected chi connectivity index (χ1v) is 11.9. The van der Waals surface area contributed by atoms with Crippen LogP contribution in [-0.2, 0) is 24.1 Å². The second-order valence-electron chi connectivity index (χ2n) is 7.58. The summed E-state index contributed by atoms with van der Waals surface area (Å²) in [4.78, 5) is 38.0. The third kappa shape index (κ3) is 5.33. The van der Waals surface area contributed by atoms with Gasteiger partial charge in [-0.3, -0.25) is 9.69 Å². The molecule has 0 unspecified atom stereocenters. The van der Waals surface area contributed by atoms with Gasteiger partial charge >= 0.3 is 12.2 Å². The van der Waals surface area contributed by atoms with E-state index >= 15 is 0 Å². The van der Waals surface area contributed by atoms with Crippen molar-refractivity contribution >= 4 is 33.6 Å². The average Bonchev–Trinajstić information content (AvgIpc) is 3.06. The summed E-state index contributed by atoms with van der Waals surface area (Å²) in [5, 5.41) is 0. The van der Waals surface area contributed by atoms with Crippen LogP contribution in [0.5, 0.6) is 0 Å². The highest BCUT2D eigenvalue weighted by Gasteiger charge is 2.36. The summed E-state index contributed by atoms with van der Waals surface area (Å²) >= 11 is 0. The Kier molecular flexibility index (Phi) is 6.83. The van der Waals surface area contributed by atoms with Crippen LogP contribution < -0.4 is 4.90 Å². The van der Waals surface area contributed by atoms with Crippen LogP contribution in [0.4, 0.5) is 19.7 Å². The molecule has 2 fully saturated rings. The van der Waals surface area contributed by atoms with E-state index in [0.29, 0.717) is 18.4 Å². The van der Waals surface area contributed by atoms with Crippen molar-refractivity contribution < 1.29 is 36.7 Å². The second-order valence-corrected chi connectivity index (χ2v) is 9.88. The molecule has 1 aromatic carbocycles. The lowest BCUT2D eigenvalue weighted by Crippen LogP contribution is -2.42. The lowest BCUT2D eigenvalue weighted by Gasteiger charge is -2.23. The van der Waals surface area contributed by atoms with E-state index in [4.69, 9.17) is 9.47 Å². The molecule has 1 atom stereocenters. The van der Waals surface area contributed by atoms with Gasteiger partial charge in [-0.05, 0) is 43.4 Å². The Hall–Kier alpha value is -2.69. The molecule has 2 aliphatic rings. The number of anilines is 1. The van der Waals surface area contributed by atoms with Gasteiger partial charge in [-0.2, -0.15) is 0 Å². The first-order valence-electron chi connectivity index (χ1n) is 10.0. The van der Waals surface area contributed by atoms with Crippen molar-refractivity contribution in [3.63, 3.8) is 0 Å². The molecule has 2 heterocycles. The fraction of sp³-hybridized carbons (Fsp3) is 0.550. The van der Waals surface area contributed by atoms with E-state index < -0.39 is 39.9 Å². The quantitative estimate of drug-likeness (QED) is 0.669. The van der Waals surface area contributed by atoms with Crippen LogP contribution >= 0.6 is 0 Å². The number of hydrogen-bond donors (Lipinski definition) is 0. The number of rotatable bonds is 5. The molecular weight excluding hydrogens is 431 g/mol. The molecule has 3 amide bonds. The summed E-state index contributed by atoms with van der Waals surface area (Å²) in [5.74, 6) is -1.18. The Labute approximate surface area is 180 Å². The monoisotopic (exact) mass is 456 g/mol. The number of sulfone groups is 1. The number of cyclic esters (lactones) is 1. The van der Waals surface area contributed by atoms with Gasteiger partial charge in [0.05, 0.1) is 36.9 Å². The number of carbonyl (C=O) groups excluding carboxylic acids is 3. The molecule has 31 heavy (non-hydrogen) atoms. The minimum atomic E-state index is -3.05. The zero-order valence-corrected chi connectivity index (χ0v) is 18.2. The van der Waals surface area contributed by atoms with Gasteiger partial charge in [-0.1, -0.05) is 6.07 Å². The second kappa shape index (κ2) is 9.21. The fourth-order valence-electron chi connectivity index (χ4n) is 3.78. The van der Waals surface area contributed by atoms with Gasteiger partial charge in [0.1, 0.15) is 21.8 Å². The summed E-state index contributed by atoms with van der Waals surface area (Å²) < 4.78 is 48.0. The Bertz CT molecular complexity index is 968. The van der Waals surface area contributed by atoms with E-state index in [9.17, 15) is 27.2 Å². The number of imide groups is 1. The third-order valence-corrected chi connectivity index (χ3v) is 7.13. The van der Waals surface area contributed by atoms with Crippen LogP contribution in [0.1, 0.15) is 38.2 Å². The smallest absolute Gasteiger partial charge is 0.416 e. The Balaban J connectivity index is 1.69. The van der Waals surface area contributed by atoms with E-state index in [1.54, 1.807) is 19.1 Å². The zero-order chi connectivity index (χ0) is 22.8. The van der Waals surface area contributed by atoms with E-state index in [1.165, 1.54) is 17.9 Å².